The van der Waals surface area contributed by atoms with Crippen molar-refractivity contribution < 1.29 is 22.1 Å². The van der Waals surface area contributed by atoms with E-state index in [1.54, 1.807) is 37.4 Å². The summed E-state index contributed by atoms with van der Waals surface area (Å²) < 4.78 is 41.8. The van der Waals surface area contributed by atoms with Crippen molar-refractivity contribution in [1.82, 2.24) is 10.1 Å². The van der Waals surface area contributed by atoms with E-state index in [1.165, 1.54) is 0 Å². The average molecular weight is 453 g/mol. The summed E-state index contributed by atoms with van der Waals surface area (Å²) in [6.45, 7) is 4.25. The molecule has 2 aromatic heterocycles. The molecule has 0 amide bonds. The summed E-state index contributed by atoms with van der Waals surface area (Å²) in [6.07, 6.45) is 0.907. The lowest BCUT2D eigenvalue weighted by Gasteiger charge is -2.07. The molecule has 0 bridgehead atoms. The second kappa shape index (κ2) is 9.00. The zero-order chi connectivity index (χ0) is 22.7. The minimum absolute atomic E-state index is 0.171. The number of furan rings is 1. The van der Waals surface area contributed by atoms with Crippen LogP contribution in [0.4, 0.5) is 0 Å². The zero-order valence-corrected chi connectivity index (χ0v) is 18.9. The van der Waals surface area contributed by atoms with Crippen LogP contribution >= 0.6 is 0 Å². The number of hydrogen-bond donors (Lipinski definition) is 0. The van der Waals surface area contributed by atoms with Crippen LogP contribution in [0.2, 0.25) is 0 Å². The molecule has 0 radical (unpaired) electrons. The lowest BCUT2D eigenvalue weighted by molar-refractivity contribution is 0.412. The standard InChI is InChI=1S/C24H24N2O5S/c1-16(2)13-17-7-10-21(11-8-17)32(27,28)15-20-9-12-22(30-20)24-25-23(26-31-24)18-5-4-6-19(14-18)29-3/h4-12,14,16H,13,15H2,1-3H3. The number of ether oxygens (including phenoxy) is 1. The van der Waals surface area contributed by atoms with Gasteiger partial charge in [-0.25, -0.2) is 8.42 Å². The summed E-state index contributed by atoms with van der Waals surface area (Å²) >= 11 is 0. The molecule has 8 heteroatoms. The first-order chi connectivity index (χ1) is 15.3. The first-order valence-corrected chi connectivity index (χ1v) is 11.9. The second-order valence-corrected chi connectivity index (χ2v) is 9.91. The Labute approximate surface area is 187 Å². The zero-order valence-electron chi connectivity index (χ0n) is 18.1. The maximum atomic E-state index is 12.8. The molecule has 0 unspecified atom stereocenters. The van der Waals surface area contributed by atoms with E-state index < -0.39 is 9.84 Å². The van der Waals surface area contributed by atoms with E-state index in [0.717, 1.165) is 17.5 Å². The van der Waals surface area contributed by atoms with Crippen LogP contribution in [-0.4, -0.2) is 25.7 Å². The molecule has 0 aliphatic carbocycles. The largest absolute Gasteiger partial charge is 0.497 e. The van der Waals surface area contributed by atoms with Crippen LogP contribution in [0.3, 0.4) is 0 Å². The summed E-state index contributed by atoms with van der Waals surface area (Å²) in [5.41, 5.74) is 1.84. The van der Waals surface area contributed by atoms with Gasteiger partial charge in [0.2, 0.25) is 5.82 Å². The molecule has 0 saturated carbocycles. The fourth-order valence-electron chi connectivity index (χ4n) is 3.35. The minimum atomic E-state index is -3.55. The highest BCUT2D eigenvalue weighted by molar-refractivity contribution is 7.90. The Kier molecular flexibility index (Phi) is 6.14. The van der Waals surface area contributed by atoms with Crippen molar-refractivity contribution >= 4 is 9.84 Å². The van der Waals surface area contributed by atoms with Crippen LogP contribution in [0.5, 0.6) is 5.75 Å². The summed E-state index contributed by atoms with van der Waals surface area (Å²) in [6, 6.07) is 17.5. The molecule has 2 heterocycles. The highest BCUT2D eigenvalue weighted by Gasteiger charge is 2.20. The van der Waals surface area contributed by atoms with E-state index in [2.05, 4.69) is 24.0 Å². The van der Waals surface area contributed by atoms with Crippen molar-refractivity contribution in [1.29, 1.82) is 0 Å². The smallest absolute Gasteiger partial charge is 0.293 e. The molecule has 0 aliphatic rings. The third kappa shape index (κ3) is 4.91. The third-order valence-electron chi connectivity index (χ3n) is 4.89. The van der Waals surface area contributed by atoms with Gasteiger partial charge in [-0.3, -0.25) is 0 Å². The molecule has 0 N–H and O–H groups in total. The van der Waals surface area contributed by atoms with Gasteiger partial charge in [0.1, 0.15) is 17.3 Å². The van der Waals surface area contributed by atoms with Gasteiger partial charge in [-0.2, -0.15) is 4.98 Å². The number of aromatic nitrogens is 2. The Bertz CT molecular complexity index is 1300. The summed E-state index contributed by atoms with van der Waals surface area (Å²) in [5, 5.41) is 3.98. The van der Waals surface area contributed by atoms with Gasteiger partial charge in [0.15, 0.2) is 15.6 Å². The number of methoxy groups -OCH3 is 1. The van der Waals surface area contributed by atoms with E-state index in [9.17, 15) is 8.42 Å². The first kappa shape index (κ1) is 21.8. The first-order valence-electron chi connectivity index (χ1n) is 10.2. The van der Waals surface area contributed by atoms with Crippen LogP contribution < -0.4 is 4.74 Å². The van der Waals surface area contributed by atoms with Crippen molar-refractivity contribution in [2.75, 3.05) is 7.11 Å². The summed E-state index contributed by atoms with van der Waals surface area (Å²) in [5.74, 6) is 2.09. The molecular weight excluding hydrogens is 428 g/mol. The van der Waals surface area contributed by atoms with Crippen molar-refractivity contribution in [2.45, 2.75) is 30.9 Å². The van der Waals surface area contributed by atoms with Gasteiger partial charge >= 0.3 is 0 Å². The fourth-order valence-corrected chi connectivity index (χ4v) is 4.60. The van der Waals surface area contributed by atoms with E-state index >= 15 is 0 Å². The Morgan fingerprint density at radius 1 is 1.03 bits per heavy atom. The number of benzene rings is 2. The van der Waals surface area contributed by atoms with E-state index in [0.29, 0.717) is 29.0 Å². The number of hydrogen-bond acceptors (Lipinski definition) is 7. The topological polar surface area (TPSA) is 95.4 Å². The molecule has 2 aromatic carbocycles. The average Bonchev–Trinajstić information content (AvgIpc) is 3.43. The van der Waals surface area contributed by atoms with Crippen LogP contribution in [0.15, 0.2) is 74.5 Å². The Hall–Kier alpha value is -3.39. The molecule has 0 aliphatic heterocycles. The van der Waals surface area contributed by atoms with Crippen molar-refractivity contribution in [3.8, 4) is 28.8 Å². The van der Waals surface area contributed by atoms with E-state index in [-0.39, 0.29) is 16.5 Å². The van der Waals surface area contributed by atoms with E-state index in [4.69, 9.17) is 13.7 Å². The van der Waals surface area contributed by atoms with Crippen molar-refractivity contribution in [3.05, 3.63) is 72.0 Å². The monoisotopic (exact) mass is 452 g/mol. The summed E-state index contributed by atoms with van der Waals surface area (Å²) in [4.78, 5) is 4.62. The van der Waals surface area contributed by atoms with Gasteiger partial charge in [0.05, 0.1) is 12.0 Å². The van der Waals surface area contributed by atoms with Gasteiger partial charge in [-0.1, -0.05) is 43.3 Å². The van der Waals surface area contributed by atoms with E-state index in [1.807, 2.05) is 30.3 Å². The van der Waals surface area contributed by atoms with Gasteiger partial charge in [0.25, 0.3) is 5.89 Å². The van der Waals surface area contributed by atoms with Crippen LogP contribution in [-0.2, 0) is 22.0 Å². The quantitative estimate of drug-likeness (QED) is 0.363. The third-order valence-corrected chi connectivity index (χ3v) is 6.54. The van der Waals surface area contributed by atoms with Crippen molar-refractivity contribution in [3.63, 3.8) is 0 Å². The van der Waals surface area contributed by atoms with Crippen LogP contribution in [0, 0.1) is 5.92 Å². The van der Waals surface area contributed by atoms with Crippen molar-refractivity contribution in [2.24, 2.45) is 5.92 Å². The molecule has 4 rings (SSSR count). The predicted octanol–water partition coefficient (Wildman–Crippen LogP) is 5.18. The normalized spacial score (nSPS) is 11.8. The maximum Gasteiger partial charge on any atom is 0.293 e. The Balaban J connectivity index is 1.50. The molecule has 0 fully saturated rings. The predicted molar refractivity (Wildman–Crippen MR) is 120 cm³/mol. The molecular formula is C24H24N2O5S. The maximum absolute atomic E-state index is 12.8. The highest BCUT2D eigenvalue weighted by atomic mass is 32.2. The molecule has 0 spiro atoms. The second-order valence-electron chi connectivity index (χ2n) is 7.92. The van der Waals surface area contributed by atoms with Gasteiger partial charge in [-0.15, -0.1) is 0 Å². The number of nitrogens with zero attached hydrogens (tertiary/aromatic N) is 2. The van der Waals surface area contributed by atoms with Gasteiger partial charge in [0, 0.05) is 5.56 Å². The molecule has 7 nitrogen and oxygen atoms in total. The van der Waals surface area contributed by atoms with Gasteiger partial charge < -0.3 is 13.7 Å². The van der Waals surface area contributed by atoms with Crippen LogP contribution in [0.25, 0.3) is 23.0 Å². The minimum Gasteiger partial charge on any atom is -0.497 e. The molecule has 166 valence electrons. The number of sulfone groups is 1. The molecule has 0 saturated heterocycles. The number of rotatable bonds is 8. The van der Waals surface area contributed by atoms with Crippen LogP contribution in [0.1, 0.15) is 25.2 Å². The molecule has 0 atom stereocenters. The lowest BCUT2D eigenvalue weighted by Crippen LogP contribution is -2.04. The molecule has 4 aromatic rings. The Morgan fingerprint density at radius 2 is 1.81 bits per heavy atom. The summed E-state index contributed by atoms with van der Waals surface area (Å²) in [7, 11) is -1.96. The fraction of sp³-hybridized carbons (Fsp3) is 0.250. The SMILES string of the molecule is COc1cccc(-c2noc(-c3ccc(CS(=O)(=O)c4ccc(CC(C)C)cc4)o3)n2)c1. The molecule has 32 heavy (non-hydrogen) atoms. The highest BCUT2D eigenvalue weighted by Crippen LogP contribution is 2.27. The van der Waals surface area contributed by atoms with Gasteiger partial charge in [-0.05, 0) is 54.3 Å². The lowest BCUT2D eigenvalue weighted by atomic mass is 10.0. The Morgan fingerprint density at radius 3 is 2.53 bits per heavy atom.